The van der Waals surface area contributed by atoms with Gasteiger partial charge in [0, 0.05) is 19.2 Å². The Morgan fingerprint density at radius 3 is 2.78 bits per heavy atom. The fourth-order valence-electron chi connectivity index (χ4n) is 1.21. The standard InChI is InChI=1S/C7H15NO/c1-6-2-3-7(5-9)4-8-6/h6-9H,2-5H2,1H3/t6-,7-/m0/s1. The van der Waals surface area contributed by atoms with E-state index in [0.717, 1.165) is 6.54 Å². The van der Waals surface area contributed by atoms with Crippen LogP contribution in [0.3, 0.4) is 0 Å². The van der Waals surface area contributed by atoms with E-state index in [0.29, 0.717) is 18.6 Å². The quantitative estimate of drug-likeness (QED) is 0.536. The molecule has 1 aliphatic rings. The van der Waals surface area contributed by atoms with Crippen molar-refractivity contribution in [3.05, 3.63) is 0 Å². The predicted octanol–water partition coefficient (Wildman–Crippen LogP) is 0.367. The molecular formula is C7H15NO. The Kier molecular flexibility index (Phi) is 2.49. The van der Waals surface area contributed by atoms with Crippen LogP contribution in [0.4, 0.5) is 0 Å². The first-order chi connectivity index (χ1) is 4.33. The highest BCUT2D eigenvalue weighted by molar-refractivity contribution is 4.73. The van der Waals surface area contributed by atoms with Gasteiger partial charge in [-0.15, -0.1) is 0 Å². The zero-order valence-electron chi connectivity index (χ0n) is 5.93. The molecule has 1 rings (SSSR count). The second kappa shape index (κ2) is 3.18. The highest BCUT2D eigenvalue weighted by atomic mass is 16.3. The number of rotatable bonds is 1. The summed E-state index contributed by atoms with van der Waals surface area (Å²) in [6.07, 6.45) is 2.40. The fraction of sp³-hybridized carbons (Fsp3) is 1.00. The van der Waals surface area contributed by atoms with Crippen molar-refractivity contribution in [2.75, 3.05) is 13.2 Å². The van der Waals surface area contributed by atoms with Gasteiger partial charge < -0.3 is 10.4 Å². The lowest BCUT2D eigenvalue weighted by atomic mass is 9.96. The molecule has 2 nitrogen and oxygen atoms in total. The van der Waals surface area contributed by atoms with Crippen LogP contribution in [-0.4, -0.2) is 24.3 Å². The topological polar surface area (TPSA) is 32.3 Å². The van der Waals surface area contributed by atoms with Crippen LogP contribution in [0.1, 0.15) is 19.8 Å². The van der Waals surface area contributed by atoms with Gasteiger partial charge in [-0.3, -0.25) is 0 Å². The monoisotopic (exact) mass is 129 g/mol. The van der Waals surface area contributed by atoms with E-state index in [2.05, 4.69) is 12.2 Å². The molecule has 0 aromatic heterocycles. The minimum atomic E-state index is 0.347. The maximum absolute atomic E-state index is 8.74. The van der Waals surface area contributed by atoms with Crippen LogP contribution >= 0.6 is 0 Å². The molecule has 0 amide bonds. The summed E-state index contributed by atoms with van der Waals surface area (Å²) in [5.74, 6) is 0.515. The van der Waals surface area contributed by atoms with Crippen molar-refractivity contribution in [2.24, 2.45) is 5.92 Å². The number of hydrogen-bond acceptors (Lipinski definition) is 2. The molecule has 0 bridgehead atoms. The van der Waals surface area contributed by atoms with Crippen molar-refractivity contribution < 1.29 is 5.11 Å². The number of aliphatic hydroxyl groups excluding tert-OH is 1. The summed E-state index contributed by atoms with van der Waals surface area (Å²) < 4.78 is 0. The largest absolute Gasteiger partial charge is 0.396 e. The van der Waals surface area contributed by atoms with E-state index < -0.39 is 0 Å². The van der Waals surface area contributed by atoms with E-state index in [1.807, 2.05) is 0 Å². The minimum absolute atomic E-state index is 0.347. The van der Waals surface area contributed by atoms with Crippen LogP contribution in [0.15, 0.2) is 0 Å². The van der Waals surface area contributed by atoms with Gasteiger partial charge in [0.2, 0.25) is 0 Å². The van der Waals surface area contributed by atoms with Crippen molar-refractivity contribution in [1.29, 1.82) is 0 Å². The smallest absolute Gasteiger partial charge is 0.0471 e. The molecule has 2 N–H and O–H groups in total. The maximum atomic E-state index is 8.74. The lowest BCUT2D eigenvalue weighted by molar-refractivity contribution is 0.186. The Morgan fingerprint density at radius 1 is 1.56 bits per heavy atom. The molecule has 0 saturated carbocycles. The third-order valence-corrected chi connectivity index (χ3v) is 2.02. The first-order valence-electron chi connectivity index (χ1n) is 3.67. The lowest BCUT2D eigenvalue weighted by Gasteiger charge is -2.25. The molecule has 2 atom stereocenters. The van der Waals surface area contributed by atoms with Crippen molar-refractivity contribution in [1.82, 2.24) is 5.32 Å². The molecular weight excluding hydrogens is 114 g/mol. The van der Waals surface area contributed by atoms with Crippen LogP contribution in [0.5, 0.6) is 0 Å². The van der Waals surface area contributed by atoms with Gasteiger partial charge >= 0.3 is 0 Å². The summed E-state index contributed by atoms with van der Waals surface area (Å²) in [4.78, 5) is 0. The molecule has 1 heterocycles. The Bertz CT molecular complexity index is 77.0. The third kappa shape index (κ3) is 1.95. The van der Waals surface area contributed by atoms with Gasteiger partial charge in [0.25, 0.3) is 0 Å². The highest BCUT2D eigenvalue weighted by Gasteiger charge is 2.15. The fourth-order valence-corrected chi connectivity index (χ4v) is 1.21. The summed E-state index contributed by atoms with van der Waals surface area (Å²) in [6, 6.07) is 0.660. The molecule has 1 fully saturated rings. The van der Waals surface area contributed by atoms with Gasteiger partial charge in [-0.25, -0.2) is 0 Å². The zero-order valence-corrected chi connectivity index (χ0v) is 5.93. The summed E-state index contributed by atoms with van der Waals surface area (Å²) in [5.41, 5.74) is 0. The average molecular weight is 129 g/mol. The molecule has 0 spiro atoms. The van der Waals surface area contributed by atoms with Crippen LogP contribution < -0.4 is 5.32 Å². The van der Waals surface area contributed by atoms with Crippen molar-refractivity contribution >= 4 is 0 Å². The van der Waals surface area contributed by atoms with Crippen LogP contribution in [0.25, 0.3) is 0 Å². The highest BCUT2D eigenvalue weighted by Crippen LogP contribution is 2.12. The van der Waals surface area contributed by atoms with Crippen molar-refractivity contribution in [2.45, 2.75) is 25.8 Å². The molecule has 0 radical (unpaired) electrons. The summed E-state index contributed by atoms with van der Waals surface area (Å²) >= 11 is 0. The van der Waals surface area contributed by atoms with Crippen LogP contribution in [-0.2, 0) is 0 Å². The van der Waals surface area contributed by atoms with Gasteiger partial charge in [-0.2, -0.15) is 0 Å². The molecule has 2 heteroatoms. The van der Waals surface area contributed by atoms with E-state index in [4.69, 9.17) is 5.11 Å². The zero-order chi connectivity index (χ0) is 6.69. The second-order valence-corrected chi connectivity index (χ2v) is 2.94. The molecule has 0 aromatic rings. The van der Waals surface area contributed by atoms with E-state index in [1.54, 1.807) is 0 Å². The van der Waals surface area contributed by atoms with Crippen molar-refractivity contribution in [3.63, 3.8) is 0 Å². The number of piperidine rings is 1. The Labute approximate surface area is 56.3 Å². The normalized spacial score (nSPS) is 36.7. The SMILES string of the molecule is C[C@H]1CC[C@H](CO)CN1. The van der Waals surface area contributed by atoms with E-state index in [1.165, 1.54) is 12.8 Å². The molecule has 1 saturated heterocycles. The summed E-state index contributed by atoms with van der Waals surface area (Å²) in [6.45, 7) is 3.53. The van der Waals surface area contributed by atoms with Crippen LogP contribution in [0, 0.1) is 5.92 Å². The summed E-state index contributed by atoms with van der Waals surface area (Å²) in [7, 11) is 0. The molecule has 1 aliphatic heterocycles. The number of hydrogen-bond donors (Lipinski definition) is 2. The average Bonchev–Trinajstić information content (AvgIpc) is 1.90. The minimum Gasteiger partial charge on any atom is -0.396 e. The Balaban J connectivity index is 2.18. The number of nitrogens with one attached hydrogen (secondary N) is 1. The third-order valence-electron chi connectivity index (χ3n) is 2.02. The van der Waals surface area contributed by atoms with Gasteiger partial charge in [-0.05, 0) is 25.7 Å². The lowest BCUT2D eigenvalue weighted by Crippen LogP contribution is -2.38. The van der Waals surface area contributed by atoms with Gasteiger partial charge in [0.15, 0.2) is 0 Å². The van der Waals surface area contributed by atoms with Crippen LogP contribution in [0.2, 0.25) is 0 Å². The van der Waals surface area contributed by atoms with E-state index in [-0.39, 0.29) is 0 Å². The van der Waals surface area contributed by atoms with E-state index >= 15 is 0 Å². The molecule has 0 aliphatic carbocycles. The van der Waals surface area contributed by atoms with Gasteiger partial charge in [-0.1, -0.05) is 0 Å². The molecule has 0 unspecified atom stereocenters. The van der Waals surface area contributed by atoms with Gasteiger partial charge in [0.1, 0.15) is 0 Å². The molecule has 9 heavy (non-hydrogen) atoms. The number of aliphatic hydroxyl groups is 1. The predicted molar refractivity (Wildman–Crippen MR) is 37.3 cm³/mol. The second-order valence-electron chi connectivity index (χ2n) is 2.94. The maximum Gasteiger partial charge on any atom is 0.0471 e. The van der Waals surface area contributed by atoms with E-state index in [9.17, 15) is 0 Å². The molecule has 0 aromatic carbocycles. The first-order valence-corrected chi connectivity index (χ1v) is 3.67. The first kappa shape index (κ1) is 7.03. The molecule has 54 valence electrons. The van der Waals surface area contributed by atoms with Crippen molar-refractivity contribution in [3.8, 4) is 0 Å². The Morgan fingerprint density at radius 2 is 2.33 bits per heavy atom. The Hall–Kier alpha value is -0.0800. The van der Waals surface area contributed by atoms with Gasteiger partial charge in [0.05, 0.1) is 0 Å². The summed E-state index contributed by atoms with van der Waals surface area (Å²) in [5, 5.41) is 12.1.